The Kier molecular flexibility index (Phi) is 7.62. The predicted octanol–water partition coefficient (Wildman–Crippen LogP) is 5.59. The van der Waals surface area contributed by atoms with E-state index in [0.29, 0.717) is 10.6 Å². The molecule has 0 saturated carbocycles. The van der Waals surface area contributed by atoms with Gasteiger partial charge in [-0.3, -0.25) is 0 Å². The average molecular weight is 492 g/mol. The monoisotopic (exact) mass is 491 g/mol. The maximum atomic E-state index is 13.2. The summed E-state index contributed by atoms with van der Waals surface area (Å²) in [5.74, 6) is -1.56. The molecule has 0 amide bonds. The first kappa shape index (κ1) is 24.3. The first-order valence-electron chi connectivity index (χ1n) is 9.98. The van der Waals surface area contributed by atoms with Crippen LogP contribution in [-0.2, 0) is 19.6 Å². The molecular weight excluding hydrogens is 469 g/mol. The molecule has 0 radical (unpaired) electrons. The molecule has 8 heteroatoms. The van der Waals surface area contributed by atoms with E-state index in [4.69, 9.17) is 27.9 Å². The van der Waals surface area contributed by atoms with Crippen molar-refractivity contribution in [3.63, 3.8) is 0 Å². The van der Waals surface area contributed by atoms with Crippen molar-refractivity contribution in [3.05, 3.63) is 89.4 Å². The van der Waals surface area contributed by atoms with Gasteiger partial charge >= 0.3 is 5.97 Å². The summed E-state index contributed by atoms with van der Waals surface area (Å²) >= 11 is 12.6. The van der Waals surface area contributed by atoms with E-state index < -0.39 is 26.9 Å². The molecule has 3 rings (SSSR count). The highest BCUT2D eigenvalue weighted by Gasteiger charge is 2.47. The lowest BCUT2D eigenvalue weighted by molar-refractivity contribution is -0.147. The quantitative estimate of drug-likeness (QED) is 0.253. The zero-order valence-corrected chi connectivity index (χ0v) is 19.9. The summed E-state index contributed by atoms with van der Waals surface area (Å²) in [6.45, 7) is 3.37. The van der Waals surface area contributed by atoms with E-state index in [1.807, 2.05) is 18.2 Å². The summed E-state index contributed by atoms with van der Waals surface area (Å²) in [5, 5.41) is 0.613. The standard InChI is InChI=1S/C24H23Cl2NO4S/c1-3-31-23(28)24(26,17(2)18-7-5-4-6-8-18)27-32(29,30)22-15-11-20(12-16-22)19-9-13-21(25)14-10-19/h4-17,27H,3H2,1-2H3/t17-,24-/m1/s1. The summed E-state index contributed by atoms with van der Waals surface area (Å²) in [6.07, 6.45) is 0. The minimum Gasteiger partial charge on any atom is -0.464 e. The molecule has 5 nitrogen and oxygen atoms in total. The van der Waals surface area contributed by atoms with Crippen LogP contribution in [0, 0.1) is 0 Å². The van der Waals surface area contributed by atoms with E-state index in [1.165, 1.54) is 12.1 Å². The molecule has 0 heterocycles. The van der Waals surface area contributed by atoms with Gasteiger partial charge in [-0.2, -0.15) is 4.72 Å². The SMILES string of the molecule is CCOC(=O)[C@](Cl)(NS(=O)(=O)c1ccc(-c2ccc(Cl)cc2)cc1)[C@H](C)c1ccccc1. The van der Waals surface area contributed by atoms with Crippen LogP contribution in [0.15, 0.2) is 83.8 Å². The third kappa shape index (κ3) is 5.33. The van der Waals surface area contributed by atoms with Gasteiger partial charge in [0.15, 0.2) is 0 Å². The van der Waals surface area contributed by atoms with E-state index in [-0.39, 0.29) is 11.5 Å². The van der Waals surface area contributed by atoms with E-state index in [0.717, 1.165) is 11.1 Å². The Morgan fingerprint density at radius 3 is 2.03 bits per heavy atom. The normalized spacial score (nSPS) is 14.4. The summed E-state index contributed by atoms with van der Waals surface area (Å²) in [6, 6.07) is 22.4. The Bertz CT molecular complexity index is 1170. The van der Waals surface area contributed by atoms with E-state index in [1.54, 1.807) is 62.4 Å². The number of nitrogens with one attached hydrogen (secondary N) is 1. The Balaban J connectivity index is 1.92. The molecule has 32 heavy (non-hydrogen) atoms. The van der Waals surface area contributed by atoms with Crippen LogP contribution in [0.4, 0.5) is 0 Å². The molecule has 0 bridgehead atoms. The van der Waals surface area contributed by atoms with Crippen molar-refractivity contribution in [2.75, 3.05) is 6.61 Å². The van der Waals surface area contributed by atoms with Crippen molar-refractivity contribution in [1.29, 1.82) is 0 Å². The highest BCUT2D eigenvalue weighted by atomic mass is 35.5. The van der Waals surface area contributed by atoms with Crippen LogP contribution < -0.4 is 4.72 Å². The molecular formula is C24H23Cl2NO4S. The van der Waals surface area contributed by atoms with Crippen LogP contribution in [-0.4, -0.2) is 26.0 Å². The Hall–Kier alpha value is -2.38. The lowest BCUT2D eigenvalue weighted by Gasteiger charge is -2.31. The van der Waals surface area contributed by atoms with Crippen LogP contribution >= 0.6 is 23.2 Å². The number of ether oxygens (including phenoxy) is 1. The summed E-state index contributed by atoms with van der Waals surface area (Å²) < 4.78 is 33.8. The van der Waals surface area contributed by atoms with Crippen molar-refractivity contribution in [3.8, 4) is 11.1 Å². The largest absolute Gasteiger partial charge is 0.464 e. The van der Waals surface area contributed by atoms with Crippen LogP contribution in [0.25, 0.3) is 11.1 Å². The molecule has 0 fully saturated rings. The summed E-state index contributed by atoms with van der Waals surface area (Å²) in [5.41, 5.74) is 2.40. The molecule has 0 unspecified atom stereocenters. The molecule has 0 aliphatic heterocycles. The first-order valence-corrected chi connectivity index (χ1v) is 12.2. The maximum absolute atomic E-state index is 13.2. The van der Waals surface area contributed by atoms with Crippen LogP contribution in [0.1, 0.15) is 25.3 Å². The fourth-order valence-electron chi connectivity index (χ4n) is 3.24. The lowest BCUT2D eigenvalue weighted by atomic mass is 9.93. The van der Waals surface area contributed by atoms with Gasteiger partial charge in [-0.1, -0.05) is 84.7 Å². The van der Waals surface area contributed by atoms with E-state index in [2.05, 4.69) is 4.72 Å². The average Bonchev–Trinajstić information content (AvgIpc) is 2.79. The van der Waals surface area contributed by atoms with Gasteiger partial charge in [0.25, 0.3) is 0 Å². The number of hydrogen-bond donors (Lipinski definition) is 1. The van der Waals surface area contributed by atoms with E-state index in [9.17, 15) is 13.2 Å². The highest BCUT2D eigenvalue weighted by molar-refractivity contribution is 7.89. The molecule has 168 valence electrons. The molecule has 1 N–H and O–H groups in total. The fourth-order valence-corrected chi connectivity index (χ4v) is 5.11. The summed E-state index contributed by atoms with van der Waals surface area (Å²) in [7, 11) is -4.14. The number of sulfonamides is 1. The molecule has 3 aromatic rings. The fraction of sp³-hybridized carbons (Fsp3) is 0.208. The van der Waals surface area contributed by atoms with Crippen LogP contribution in [0.5, 0.6) is 0 Å². The second kappa shape index (κ2) is 10.0. The Morgan fingerprint density at radius 1 is 0.969 bits per heavy atom. The molecule has 0 saturated heterocycles. The lowest BCUT2D eigenvalue weighted by Crippen LogP contribution is -2.54. The van der Waals surface area contributed by atoms with Gasteiger partial charge in [0, 0.05) is 10.9 Å². The maximum Gasteiger partial charge on any atom is 0.343 e. The summed E-state index contributed by atoms with van der Waals surface area (Å²) in [4.78, 5) is 10.7. The van der Waals surface area contributed by atoms with Gasteiger partial charge in [0.2, 0.25) is 15.0 Å². The first-order chi connectivity index (χ1) is 15.2. The number of alkyl halides is 1. The number of hydrogen-bond acceptors (Lipinski definition) is 4. The van der Waals surface area contributed by atoms with Gasteiger partial charge < -0.3 is 4.74 Å². The van der Waals surface area contributed by atoms with Crippen LogP contribution in [0.2, 0.25) is 5.02 Å². The number of benzene rings is 3. The van der Waals surface area contributed by atoms with Crippen molar-refractivity contribution in [2.24, 2.45) is 0 Å². The predicted molar refractivity (Wildman–Crippen MR) is 127 cm³/mol. The second-order valence-electron chi connectivity index (χ2n) is 7.20. The third-order valence-corrected chi connectivity index (χ3v) is 7.52. The number of esters is 1. The van der Waals surface area contributed by atoms with Gasteiger partial charge in [0.1, 0.15) is 0 Å². The van der Waals surface area contributed by atoms with Crippen molar-refractivity contribution in [1.82, 2.24) is 4.72 Å². The minimum absolute atomic E-state index is 0.0233. The van der Waals surface area contributed by atoms with Crippen LogP contribution in [0.3, 0.4) is 0 Å². The van der Waals surface area contributed by atoms with Crippen molar-refractivity contribution >= 4 is 39.2 Å². The molecule has 0 aliphatic carbocycles. The van der Waals surface area contributed by atoms with Gasteiger partial charge in [-0.15, -0.1) is 0 Å². The Labute approximate surface area is 198 Å². The number of rotatable bonds is 8. The molecule has 0 spiro atoms. The van der Waals surface area contributed by atoms with Gasteiger partial charge in [0.05, 0.1) is 11.5 Å². The van der Waals surface area contributed by atoms with Crippen molar-refractivity contribution in [2.45, 2.75) is 29.7 Å². The van der Waals surface area contributed by atoms with E-state index >= 15 is 0 Å². The smallest absolute Gasteiger partial charge is 0.343 e. The highest BCUT2D eigenvalue weighted by Crippen LogP contribution is 2.35. The van der Waals surface area contributed by atoms with Gasteiger partial charge in [-0.25, -0.2) is 13.2 Å². The number of carbonyl (C=O) groups is 1. The third-order valence-electron chi connectivity index (χ3n) is 5.09. The minimum atomic E-state index is -4.14. The molecule has 0 aliphatic rings. The Morgan fingerprint density at radius 2 is 1.50 bits per heavy atom. The topological polar surface area (TPSA) is 72.5 Å². The molecule has 0 aromatic heterocycles. The van der Waals surface area contributed by atoms with Crippen molar-refractivity contribution < 1.29 is 17.9 Å². The molecule has 3 aromatic carbocycles. The second-order valence-corrected chi connectivity index (χ2v) is 9.92. The number of carbonyl (C=O) groups excluding carboxylic acids is 1. The molecule has 2 atom stereocenters. The zero-order valence-electron chi connectivity index (χ0n) is 17.6. The zero-order chi connectivity index (χ0) is 23.4. The number of halogens is 2. The van der Waals surface area contributed by atoms with Gasteiger partial charge in [-0.05, 0) is 47.9 Å².